The van der Waals surface area contributed by atoms with Crippen LogP contribution >= 0.6 is 6.64 Å². The first-order valence-corrected chi connectivity index (χ1v) is 9.97. The van der Waals surface area contributed by atoms with E-state index in [1.165, 1.54) is 4.78 Å². The van der Waals surface area contributed by atoms with Crippen molar-refractivity contribution in [2.45, 2.75) is 13.8 Å². The van der Waals surface area contributed by atoms with E-state index >= 15 is 0 Å². The van der Waals surface area contributed by atoms with Gasteiger partial charge in [-0.25, -0.2) is 0 Å². The molecule has 1 aromatic carbocycles. The van der Waals surface area contributed by atoms with Crippen LogP contribution in [0.3, 0.4) is 0 Å². The molecule has 0 fully saturated rings. The van der Waals surface area contributed by atoms with Crippen molar-refractivity contribution in [3.63, 3.8) is 0 Å². The third-order valence-corrected chi connectivity index (χ3v) is 6.51. The Bertz CT molecular complexity index is 828. The molecule has 0 aliphatic heterocycles. The van der Waals surface area contributed by atoms with Crippen LogP contribution in [0.1, 0.15) is 24.2 Å². The van der Waals surface area contributed by atoms with Crippen LogP contribution in [0, 0.1) is 0 Å². The molecular weight excluding hydrogens is 351 g/mol. The minimum atomic E-state index is -2.85. The highest BCUT2D eigenvalue weighted by Crippen LogP contribution is 2.50. The lowest BCUT2D eigenvalue weighted by molar-refractivity contribution is 0.0866. The van der Waals surface area contributed by atoms with Gasteiger partial charge in [-0.1, -0.05) is 12.1 Å². The van der Waals surface area contributed by atoms with Crippen molar-refractivity contribution < 1.29 is 18.3 Å². The Morgan fingerprint density at radius 2 is 1.92 bits per heavy atom. The van der Waals surface area contributed by atoms with Gasteiger partial charge in [0.05, 0.1) is 18.6 Å². The van der Waals surface area contributed by atoms with Crippen molar-refractivity contribution in [1.29, 1.82) is 0 Å². The molecule has 7 nitrogen and oxygen atoms in total. The van der Waals surface area contributed by atoms with E-state index in [-0.39, 0.29) is 5.56 Å². The standard InChI is InChI=1S/C15H19N2O5PS/c1-4-21-23(24,22-5-2)17(3)16-15(19)12-10-20-13-9-7-6-8-11(13)14(12)18/h6-10H,4-5H2,1-3H3,(H,16,19). The van der Waals surface area contributed by atoms with E-state index in [1.807, 2.05) is 0 Å². The van der Waals surface area contributed by atoms with Gasteiger partial charge in [0.25, 0.3) is 12.5 Å². The molecular formula is C15H19N2O5PS. The third-order valence-electron chi connectivity index (χ3n) is 3.14. The quantitative estimate of drug-likeness (QED) is 0.593. The second kappa shape index (κ2) is 8.00. The van der Waals surface area contributed by atoms with Crippen molar-refractivity contribution in [2.75, 3.05) is 20.3 Å². The number of carbonyl (C=O) groups excluding carboxylic acids is 1. The first kappa shape index (κ1) is 18.8. The fraction of sp³-hybridized carbons (Fsp3) is 0.333. The van der Waals surface area contributed by atoms with Crippen LogP contribution in [0.25, 0.3) is 11.0 Å². The molecule has 0 aliphatic rings. The number of nitrogens with one attached hydrogen (secondary N) is 1. The molecule has 0 bridgehead atoms. The number of hydrogen-bond donors (Lipinski definition) is 1. The van der Waals surface area contributed by atoms with E-state index in [2.05, 4.69) is 5.43 Å². The summed E-state index contributed by atoms with van der Waals surface area (Å²) in [5.41, 5.74) is 2.43. The number of para-hydroxylation sites is 1. The first-order valence-electron chi connectivity index (χ1n) is 7.37. The highest BCUT2D eigenvalue weighted by Gasteiger charge is 2.27. The van der Waals surface area contributed by atoms with E-state index in [9.17, 15) is 9.59 Å². The van der Waals surface area contributed by atoms with Gasteiger partial charge >= 0.3 is 0 Å². The average molecular weight is 370 g/mol. The number of fused-ring (bicyclic) bond motifs is 1. The second-order valence-electron chi connectivity index (χ2n) is 4.74. The maximum atomic E-state index is 12.4. The summed E-state index contributed by atoms with van der Waals surface area (Å²) < 4.78 is 17.6. The molecule has 1 heterocycles. The van der Waals surface area contributed by atoms with Crippen LogP contribution in [0.4, 0.5) is 0 Å². The maximum absolute atomic E-state index is 12.4. The molecule has 0 radical (unpaired) electrons. The molecule has 0 saturated carbocycles. The normalized spacial score (nSPS) is 11.8. The minimum Gasteiger partial charge on any atom is -0.463 e. The highest BCUT2D eigenvalue weighted by molar-refractivity contribution is 8.08. The van der Waals surface area contributed by atoms with Crippen LogP contribution < -0.4 is 10.9 Å². The Morgan fingerprint density at radius 1 is 1.29 bits per heavy atom. The molecule has 0 aliphatic carbocycles. The minimum absolute atomic E-state index is 0.116. The molecule has 2 rings (SSSR count). The number of hydrazine groups is 1. The van der Waals surface area contributed by atoms with Crippen LogP contribution in [-0.4, -0.2) is 30.9 Å². The molecule has 0 atom stereocenters. The summed E-state index contributed by atoms with van der Waals surface area (Å²) in [4.78, 5) is 24.9. The monoisotopic (exact) mass is 370 g/mol. The highest BCUT2D eigenvalue weighted by atomic mass is 32.5. The van der Waals surface area contributed by atoms with Gasteiger partial charge in [-0.2, -0.15) is 0 Å². The number of benzene rings is 1. The summed E-state index contributed by atoms with van der Waals surface area (Å²) in [6.07, 6.45) is 1.14. The van der Waals surface area contributed by atoms with Crippen molar-refractivity contribution in [3.05, 3.63) is 46.3 Å². The zero-order chi connectivity index (χ0) is 17.7. The van der Waals surface area contributed by atoms with Crippen LogP contribution in [0.5, 0.6) is 0 Å². The fourth-order valence-electron chi connectivity index (χ4n) is 2.04. The van der Waals surface area contributed by atoms with Crippen molar-refractivity contribution in [3.8, 4) is 0 Å². The van der Waals surface area contributed by atoms with E-state index in [0.717, 1.165) is 6.26 Å². The van der Waals surface area contributed by atoms with E-state index in [0.29, 0.717) is 24.2 Å². The molecule has 1 amide bonds. The maximum Gasteiger partial charge on any atom is 0.281 e. The van der Waals surface area contributed by atoms with E-state index < -0.39 is 18.0 Å². The summed E-state index contributed by atoms with van der Waals surface area (Å²) in [7, 11) is 1.55. The Morgan fingerprint density at radius 3 is 2.54 bits per heavy atom. The van der Waals surface area contributed by atoms with Crippen LogP contribution in [-0.2, 0) is 20.9 Å². The lowest BCUT2D eigenvalue weighted by Crippen LogP contribution is -2.39. The molecule has 0 spiro atoms. The van der Waals surface area contributed by atoms with Crippen LogP contribution in [0.2, 0.25) is 0 Å². The van der Waals surface area contributed by atoms with Crippen molar-refractivity contribution in [1.82, 2.24) is 10.2 Å². The lowest BCUT2D eigenvalue weighted by Gasteiger charge is -2.29. The number of hydrogen-bond acceptors (Lipinski definition) is 6. The number of carbonyl (C=O) groups is 1. The topological polar surface area (TPSA) is 81.0 Å². The van der Waals surface area contributed by atoms with Crippen molar-refractivity contribution >= 4 is 35.3 Å². The van der Waals surface area contributed by atoms with Gasteiger partial charge in [0.2, 0.25) is 5.43 Å². The molecule has 0 saturated heterocycles. The Hall–Kier alpha value is -1.57. The molecule has 9 heteroatoms. The summed E-state index contributed by atoms with van der Waals surface area (Å²) in [6.45, 7) is 1.41. The molecule has 1 N–H and O–H groups in total. The number of rotatable bonds is 7. The fourth-order valence-corrected chi connectivity index (χ4v) is 4.08. The SMILES string of the molecule is CCOP(=S)(OCC)N(C)NC(=O)c1coc2ccccc2c1=O. The van der Waals surface area contributed by atoms with Crippen molar-refractivity contribution in [2.24, 2.45) is 0 Å². The van der Waals surface area contributed by atoms with Gasteiger partial charge in [0, 0.05) is 7.05 Å². The second-order valence-corrected chi connectivity index (χ2v) is 8.18. The Kier molecular flexibility index (Phi) is 6.26. The zero-order valence-corrected chi connectivity index (χ0v) is 15.4. The first-order chi connectivity index (χ1) is 11.4. The zero-order valence-electron chi connectivity index (χ0n) is 13.6. The largest absolute Gasteiger partial charge is 0.463 e. The van der Waals surface area contributed by atoms with Crippen LogP contribution in [0.15, 0.2) is 39.7 Å². The molecule has 0 unspecified atom stereocenters. The number of amides is 1. The van der Waals surface area contributed by atoms with Gasteiger partial charge in [0.1, 0.15) is 17.4 Å². The Balaban J connectivity index is 2.28. The van der Waals surface area contributed by atoms with Gasteiger partial charge in [-0.3, -0.25) is 15.0 Å². The third kappa shape index (κ3) is 3.91. The molecule has 2 aromatic rings. The summed E-state index contributed by atoms with van der Waals surface area (Å²) in [6, 6.07) is 6.72. The van der Waals surface area contributed by atoms with Gasteiger partial charge in [-0.05, 0) is 37.8 Å². The predicted octanol–water partition coefficient (Wildman–Crippen LogP) is 2.67. The van der Waals surface area contributed by atoms with Gasteiger partial charge in [-0.15, -0.1) is 4.78 Å². The summed E-state index contributed by atoms with van der Waals surface area (Å²) in [5.74, 6) is -0.634. The Labute approximate surface area is 144 Å². The van der Waals surface area contributed by atoms with Gasteiger partial charge in [0.15, 0.2) is 0 Å². The van der Waals surface area contributed by atoms with E-state index in [1.54, 1.807) is 45.2 Å². The summed E-state index contributed by atoms with van der Waals surface area (Å²) >= 11 is 5.38. The molecule has 130 valence electrons. The number of nitrogens with zero attached hydrogens (tertiary/aromatic N) is 1. The summed E-state index contributed by atoms with van der Waals surface area (Å²) in [5, 5.41) is 0.335. The predicted molar refractivity (Wildman–Crippen MR) is 95.3 cm³/mol. The van der Waals surface area contributed by atoms with Gasteiger partial charge < -0.3 is 13.5 Å². The smallest absolute Gasteiger partial charge is 0.281 e. The lowest BCUT2D eigenvalue weighted by atomic mass is 10.2. The van der Waals surface area contributed by atoms with E-state index in [4.69, 9.17) is 25.3 Å². The molecule has 1 aromatic heterocycles. The average Bonchev–Trinajstić information content (AvgIpc) is 2.55. The molecule has 24 heavy (non-hydrogen) atoms.